The van der Waals surface area contributed by atoms with Crippen LogP contribution in [0, 0.1) is 11.3 Å². The maximum atomic E-state index is 11.6. The standard InChI is InChI=1S/C13H15ClN2O2/c14-7-2-1-6-13(17)16-11-4-3-5-12(10-11)18-9-8-15/h3-5,10H,1-2,6-7,9H2,(H,16,17). The largest absolute Gasteiger partial charge is 0.479 e. The van der Waals surface area contributed by atoms with Crippen LogP contribution in [0.1, 0.15) is 19.3 Å². The first-order valence-electron chi connectivity index (χ1n) is 5.72. The molecule has 0 saturated carbocycles. The highest BCUT2D eigenvalue weighted by Gasteiger charge is 2.03. The fourth-order valence-corrected chi connectivity index (χ4v) is 1.57. The number of carbonyl (C=O) groups is 1. The molecule has 0 heterocycles. The average Bonchev–Trinajstić information content (AvgIpc) is 2.37. The van der Waals surface area contributed by atoms with Gasteiger partial charge in [-0.2, -0.15) is 5.26 Å². The summed E-state index contributed by atoms with van der Waals surface area (Å²) in [5.74, 6) is 1.10. The number of amides is 1. The van der Waals surface area contributed by atoms with Gasteiger partial charge < -0.3 is 10.1 Å². The maximum absolute atomic E-state index is 11.6. The first-order chi connectivity index (χ1) is 8.76. The number of carbonyl (C=O) groups excluding carboxylic acids is 1. The Morgan fingerprint density at radius 2 is 2.28 bits per heavy atom. The second-order valence-corrected chi connectivity index (χ2v) is 4.05. The van der Waals surface area contributed by atoms with Crippen LogP contribution in [0.25, 0.3) is 0 Å². The molecule has 18 heavy (non-hydrogen) atoms. The number of nitrogens with one attached hydrogen (secondary N) is 1. The molecule has 1 amide bonds. The van der Waals surface area contributed by atoms with Gasteiger partial charge in [0.2, 0.25) is 5.91 Å². The maximum Gasteiger partial charge on any atom is 0.224 e. The summed E-state index contributed by atoms with van der Waals surface area (Å²) in [6.45, 7) is -0.00682. The van der Waals surface area contributed by atoms with Crippen LogP contribution in [0.2, 0.25) is 0 Å². The lowest BCUT2D eigenvalue weighted by Gasteiger charge is -2.07. The molecule has 1 N–H and O–H groups in total. The summed E-state index contributed by atoms with van der Waals surface area (Å²) < 4.78 is 5.15. The van der Waals surface area contributed by atoms with Gasteiger partial charge in [-0.3, -0.25) is 4.79 Å². The number of nitrogens with zero attached hydrogens (tertiary/aromatic N) is 1. The van der Waals surface area contributed by atoms with Crippen LogP contribution in [0.5, 0.6) is 5.75 Å². The smallest absolute Gasteiger partial charge is 0.224 e. The van der Waals surface area contributed by atoms with Crippen molar-refractivity contribution in [3.05, 3.63) is 24.3 Å². The van der Waals surface area contributed by atoms with Crippen molar-refractivity contribution in [2.45, 2.75) is 19.3 Å². The molecule has 1 rings (SSSR count). The molecule has 0 aliphatic rings. The molecule has 4 nitrogen and oxygen atoms in total. The number of ether oxygens (including phenoxy) is 1. The normalized spacial score (nSPS) is 9.56. The average molecular weight is 267 g/mol. The van der Waals surface area contributed by atoms with E-state index in [0.29, 0.717) is 23.7 Å². The third-order valence-electron chi connectivity index (χ3n) is 2.21. The Bertz CT molecular complexity index is 429. The van der Waals surface area contributed by atoms with E-state index in [1.165, 1.54) is 0 Å². The number of rotatable bonds is 7. The van der Waals surface area contributed by atoms with E-state index in [9.17, 15) is 4.79 Å². The van der Waals surface area contributed by atoms with Gasteiger partial charge in [0.15, 0.2) is 6.61 Å². The topological polar surface area (TPSA) is 62.1 Å². The highest BCUT2D eigenvalue weighted by molar-refractivity contribution is 6.17. The van der Waals surface area contributed by atoms with Gasteiger partial charge in [-0.1, -0.05) is 6.07 Å². The number of hydrogen-bond donors (Lipinski definition) is 1. The zero-order valence-corrected chi connectivity index (χ0v) is 10.7. The van der Waals surface area contributed by atoms with Crippen LogP contribution in [0.4, 0.5) is 5.69 Å². The molecule has 96 valence electrons. The molecule has 0 spiro atoms. The van der Waals surface area contributed by atoms with Gasteiger partial charge in [-0.25, -0.2) is 0 Å². The zero-order valence-electron chi connectivity index (χ0n) is 9.99. The van der Waals surface area contributed by atoms with Crippen molar-refractivity contribution >= 4 is 23.2 Å². The number of alkyl halides is 1. The van der Waals surface area contributed by atoms with E-state index in [4.69, 9.17) is 21.6 Å². The van der Waals surface area contributed by atoms with Crippen LogP contribution >= 0.6 is 11.6 Å². The van der Waals surface area contributed by atoms with Gasteiger partial charge >= 0.3 is 0 Å². The quantitative estimate of drug-likeness (QED) is 0.610. The van der Waals surface area contributed by atoms with Crippen LogP contribution < -0.4 is 10.1 Å². The molecule has 0 aliphatic carbocycles. The van der Waals surface area contributed by atoms with Crippen molar-refractivity contribution in [1.82, 2.24) is 0 Å². The second-order valence-electron chi connectivity index (χ2n) is 3.67. The summed E-state index contributed by atoms with van der Waals surface area (Å²) in [6, 6.07) is 8.86. The summed E-state index contributed by atoms with van der Waals surface area (Å²) in [6.07, 6.45) is 2.07. The Morgan fingerprint density at radius 1 is 1.44 bits per heavy atom. The predicted octanol–water partition coefficient (Wildman–Crippen LogP) is 2.94. The zero-order chi connectivity index (χ0) is 13.2. The molecule has 1 aromatic carbocycles. The number of halogens is 1. The van der Waals surface area contributed by atoms with Crippen molar-refractivity contribution in [3.8, 4) is 11.8 Å². The number of unbranched alkanes of at least 4 members (excludes halogenated alkanes) is 1. The molecule has 0 bridgehead atoms. The first-order valence-corrected chi connectivity index (χ1v) is 6.25. The fraction of sp³-hybridized carbons (Fsp3) is 0.385. The van der Waals surface area contributed by atoms with Gasteiger partial charge in [0, 0.05) is 24.1 Å². The van der Waals surface area contributed by atoms with E-state index in [-0.39, 0.29) is 12.5 Å². The fourth-order valence-electron chi connectivity index (χ4n) is 1.38. The van der Waals surface area contributed by atoms with E-state index >= 15 is 0 Å². The highest BCUT2D eigenvalue weighted by atomic mass is 35.5. The van der Waals surface area contributed by atoms with Crippen LogP contribution in [0.3, 0.4) is 0 Å². The molecule has 0 atom stereocenters. The minimum absolute atomic E-state index is 0.00682. The Balaban J connectivity index is 2.46. The minimum Gasteiger partial charge on any atom is -0.479 e. The Labute approximate surface area is 112 Å². The van der Waals surface area contributed by atoms with Gasteiger partial charge in [-0.15, -0.1) is 11.6 Å². The van der Waals surface area contributed by atoms with Crippen LogP contribution in [-0.4, -0.2) is 18.4 Å². The highest BCUT2D eigenvalue weighted by Crippen LogP contribution is 2.17. The van der Waals surface area contributed by atoms with Crippen molar-refractivity contribution in [3.63, 3.8) is 0 Å². The van der Waals surface area contributed by atoms with E-state index in [2.05, 4.69) is 5.32 Å². The van der Waals surface area contributed by atoms with Crippen molar-refractivity contribution < 1.29 is 9.53 Å². The lowest BCUT2D eigenvalue weighted by Crippen LogP contribution is -2.11. The molecule has 0 aromatic heterocycles. The molecular formula is C13H15ClN2O2. The summed E-state index contributed by atoms with van der Waals surface area (Å²) in [7, 11) is 0. The molecule has 0 fully saturated rings. The van der Waals surface area contributed by atoms with Crippen LogP contribution in [0.15, 0.2) is 24.3 Å². The Kier molecular flexibility index (Phi) is 6.67. The van der Waals surface area contributed by atoms with E-state index in [1.807, 2.05) is 6.07 Å². The molecule has 5 heteroatoms. The Hall–Kier alpha value is -1.73. The van der Waals surface area contributed by atoms with Gasteiger partial charge in [0.05, 0.1) is 0 Å². The number of hydrogen-bond acceptors (Lipinski definition) is 3. The predicted molar refractivity (Wildman–Crippen MR) is 70.8 cm³/mol. The van der Waals surface area contributed by atoms with Gasteiger partial charge in [-0.05, 0) is 25.0 Å². The van der Waals surface area contributed by atoms with Crippen molar-refractivity contribution in [2.75, 3.05) is 17.8 Å². The first kappa shape index (κ1) is 14.3. The molecular weight excluding hydrogens is 252 g/mol. The summed E-state index contributed by atoms with van der Waals surface area (Å²) in [5, 5.41) is 11.2. The third-order valence-corrected chi connectivity index (χ3v) is 2.48. The second kappa shape index (κ2) is 8.37. The third kappa shape index (κ3) is 5.55. The number of anilines is 1. The molecule has 0 saturated heterocycles. The van der Waals surface area contributed by atoms with Crippen molar-refractivity contribution in [2.24, 2.45) is 0 Å². The molecule has 0 unspecified atom stereocenters. The molecule has 1 aromatic rings. The number of nitriles is 1. The van der Waals surface area contributed by atoms with Crippen LogP contribution in [-0.2, 0) is 4.79 Å². The molecule has 0 aliphatic heterocycles. The van der Waals surface area contributed by atoms with E-state index in [1.54, 1.807) is 24.3 Å². The molecule has 0 radical (unpaired) electrons. The van der Waals surface area contributed by atoms with Gasteiger partial charge in [0.25, 0.3) is 0 Å². The summed E-state index contributed by atoms with van der Waals surface area (Å²) >= 11 is 5.54. The summed E-state index contributed by atoms with van der Waals surface area (Å²) in [4.78, 5) is 11.6. The summed E-state index contributed by atoms with van der Waals surface area (Å²) in [5.41, 5.74) is 0.668. The van der Waals surface area contributed by atoms with Crippen molar-refractivity contribution in [1.29, 1.82) is 5.26 Å². The lowest BCUT2D eigenvalue weighted by atomic mass is 10.2. The van der Waals surface area contributed by atoms with Gasteiger partial charge in [0.1, 0.15) is 11.8 Å². The SMILES string of the molecule is N#CCOc1cccc(NC(=O)CCCCCl)c1. The van der Waals surface area contributed by atoms with E-state index in [0.717, 1.165) is 12.8 Å². The Morgan fingerprint density at radius 3 is 3.00 bits per heavy atom. The number of benzene rings is 1. The van der Waals surface area contributed by atoms with E-state index < -0.39 is 0 Å². The lowest BCUT2D eigenvalue weighted by molar-refractivity contribution is -0.116. The minimum atomic E-state index is -0.0439. The monoisotopic (exact) mass is 266 g/mol.